The molecule has 0 saturated carbocycles. The minimum absolute atomic E-state index is 0. The lowest BCUT2D eigenvalue weighted by molar-refractivity contribution is -0.131. The number of para-hydroxylation sites is 1. The summed E-state index contributed by atoms with van der Waals surface area (Å²) in [7, 11) is 1.61. The number of nitrogens with zero attached hydrogens (tertiary/aromatic N) is 2. The lowest BCUT2D eigenvalue weighted by Crippen LogP contribution is -2.47. The van der Waals surface area contributed by atoms with Gasteiger partial charge >= 0.3 is 0 Å². The number of piperidine rings is 1. The van der Waals surface area contributed by atoms with Crippen LogP contribution in [0.15, 0.2) is 29.6 Å². The molecule has 1 aromatic heterocycles. The normalized spacial score (nSPS) is 14.3. The predicted octanol–water partition coefficient (Wildman–Crippen LogP) is 2.00. The number of nitrogens with one attached hydrogen (secondary N) is 1. The van der Waals surface area contributed by atoms with Gasteiger partial charge in [0.15, 0.2) is 0 Å². The fraction of sp³-hybridized carbons (Fsp3) is 0.421. The summed E-state index contributed by atoms with van der Waals surface area (Å²) < 4.78 is 5.32. The second kappa shape index (κ2) is 10.4. The minimum Gasteiger partial charge on any atom is -0.496 e. The smallest absolute Gasteiger partial charge is 0.270 e. The van der Waals surface area contributed by atoms with Crippen molar-refractivity contribution in [3.05, 3.63) is 45.9 Å². The standard InChI is InChI=1S/C19H24N4O3S.ClH/c1-26-16-5-3-2-4-13(16)10-18(24)23-8-6-14(7-9-23)21-19(25)15-12-27-17(11-20)22-15;/h2-5,12,14H,6-11,20H2,1H3,(H,21,25);1H. The van der Waals surface area contributed by atoms with Crippen molar-refractivity contribution in [2.75, 3.05) is 20.2 Å². The van der Waals surface area contributed by atoms with Gasteiger partial charge in [-0.25, -0.2) is 4.98 Å². The van der Waals surface area contributed by atoms with Gasteiger partial charge in [0, 0.05) is 36.6 Å². The number of likely N-dealkylation sites (tertiary alicyclic amines) is 1. The van der Waals surface area contributed by atoms with E-state index < -0.39 is 0 Å². The van der Waals surface area contributed by atoms with E-state index >= 15 is 0 Å². The van der Waals surface area contributed by atoms with Crippen LogP contribution in [0, 0.1) is 0 Å². The monoisotopic (exact) mass is 424 g/mol. The van der Waals surface area contributed by atoms with Gasteiger partial charge in [-0.2, -0.15) is 0 Å². The molecule has 0 radical (unpaired) electrons. The maximum Gasteiger partial charge on any atom is 0.270 e. The quantitative estimate of drug-likeness (QED) is 0.739. The SMILES string of the molecule is COc1ccccc1CC(=O)N1CCC(NC(=O)c2csc(CN)n2)CC1.Cl. The molecule has 152 valence electrons. The van der Waals surface area contributed by atoms with Gasteiger partial charge in [0.05, 0.1) is 13.5 Å². The Morgan fingerprint density at radius 3 is 2.68 bits per heavy atom. The van der Waals surface area contributed by atoms with Gasteiger partial charge in [0.2, 0.25) is 5.91 Å². The number of amides is 2. The van der Waals surface area contributed by atoms with E-state index in [4.69, 9.17) is 10.5 Å². The molecule has 2 amide bonds. The minimum atomic E-state index is -0.176. The molecule has 3 rings (SSSR count). The number of ether oxygens (including phenoxy) is 1. The third-order valence-electron chi connectivity index (χ3n) is 4.68. The van der Waals surface area contributed by atoms with Gasteiger partial charge < -0.3 is 20.7 Å². The summed E-state index contributed by atoms with van der Waals surface area (Å²) in [5.41, 5.74) is 6.84. The second-order valence-corrected chi connectivity index (χ2v) is 7.39. The van der Waals surface area contributed by atoms with Crippen molar-refractivity contribution in [3.8, 4) is 5.75 Å². The van der Waals surface area contributed by atoms with Crippen LogP contribution in [0.25, 0.3) is 0 Å². The third kappa shape index (κ3) is 5.43. The molecule has 0 atom stereocenters. The van der Waals surface area contributed by atoms with Crippen LogP contribution in [-0.4, -0.2) is 47.9 Å². The Kier molecular flexibility index (Phi) is 8.22. The van der Waals surface area contributed by atoms with Crippen molar-refractivity contribution in [2.45, 2.75) is 31.8 Å². The van der Waals surface area contributed by atoms with E-state index in [1.165, 1.54) is 11.3 Å². The summed E-state index contributed by atoms with van der Waals surface area (Å²) in [6, 6.07) is 7.61. The molecule has 2 aromatic rings. The Balaban J connectivity index is 0.00000280. The Morgan fingerprint density at radius 2 is 2.04 bits per heavy atom. The molecule has 9 heteroatoms. The van der Waals surface area contributed by atoms with Crippen LogP contribution >= 0.6 is 23.7 Å². The number of carbonyl (C=O) groups excluding carboxylic acids is 2. The highest BCUT2D eigenvalue weighted by Crippen LogP contribution is 2.20. The zero-order chi connectivity index (χ0) is 19.2. The average molecular weight is 425 g/mol. The molecule has 0 unspecified atom stereocenters. The van der Waals surface area contributed by atoms with Crippen LogP contribution in [0.1, 0.15) is 33.9 Å². The van der Waals surface area contributed by atoms with Crippen LogP contribution < -0.4 is 15.8 Å². The van der Waals surface area contributed by atoms with Crippen LogP contribution in [-0.2, 0) is 17.8 Å². The number of carbonyl (C=O) groups is 2. The first kappa shape index (κ1) is 22.1. The zero-order valence-corrected chi connectivity index (χ0v) is 17.4. The number of thiazole rings is 1. The molecular formula is C19H25ClN4O3S. The molecular weight excluding hydrogens is 400 g/mol. The first-order valence-corrected chi connectivity index (χ1v) is 9.83. The molecule has 2 heterocycles. The highest BCUT2D eigenvalue weighted by Gasteiger charge is 2.25. The fourth-order valence-electron chi connectivity index (χ4n) is 3.17. The van der Waals surface area contributed by atoms with Crippen molar-refractivity contribution in [1.29, 1.82) is 0 Å². The molecule has 0 spiro atoms. The summed E-state index contributed by atoms with van der Waals surface area (Å²) in [5.74, 6) is 0.634. The third-order valence-corrected chi connectivity index (χ3v) is 5.55. The number of hydrogen-bond donors (Lipinski definition) is 2. The van der Waals surface area contributed by atoms with Crippen LogP contribution in [0.3, 0.4) is 0 Å². The molecule has 0 aliphatic carbocycles. The summed E-state index contributed by atoms with van der Waals surface area (Å²) in [5, 5.41) is 5.48. The van der Waals surface area contributed by atoms with Crippen molar-refractivity contribution >= 4 is 35.6 Å². The number of halogens is 1. The van der Waals surface area contributed by atoms with E-state index in [1.54, 1.807) is 12.5 Å². The van der Waals surface area contributed by atoms with Crippen LogP contribution in [0.4, 0.5) is 0 Å². The van der Waals surface area contributed by atoms with Gasteiger partial charge in [0.25, 0.3) is 5.91 Å². The number of methoxy groups -OCH3 is 1. The predicted molar refractivity (Wildman–Crippen MR) is 111 cm³/mol. The van der Waals surface area contributed by atoms with Crippen LogP contribution in [0.2, 0.25) is 0 Å². The maximum absolute atomic E-state index is 12.6. The zero-order valence-electron chi connectivity index (χ0n) is 15.7. The molecule has 1 aliphatic rings. The van der Waals surface area contributed by atoms with Gasteiger partial charge in [-0.15, -0.1) is 23.7 Å². The Labute approximate surface area is 174 Å². The number of rotatable bonds is 6. The Bertz CT molecular complexity index is 806. The van der Waals surface area contributed by atoms with E-state index in [9.17, 15) is 9.59 Å². The summed E-state index contributed by atoms with van der Waals surface area (Å²) in [4.78, 5) is 30.9. The lowest BCUT2D eigenvalue weighted by atomic mass is 10.0. The average Bonchev–Trinajstić information content (AvgIpc) is 3.18. The molecule has 1 saturated heterocycles. The highest BCUT2D eigenvalue weighted by molar-refractivity contribution is 7.09. The molecule has 1 aromatic carbocycles. The van der Waals surface area contributed by atoms with E-state index in [0.29, 0.717) is 31.7 Å². The second-order valence-electron chi connectivity index (χ2n) is 6.45. The molecule has 7 nitrogen and oxygen atoms in total. The highest BCUT2D eigenvalue weighted by atomic mass is 35.5. The van der Waals surface area contributed by atoms with Crippen molar-refractivity contribution < 1.29 is 14.3 Å². The van der Waals surface area contributed by atoms with Gasteiger partial charge in [0.1, 0.15) is 16.5 Å². The number of benzene rings is 1. The van der Waals surface area contributed by atoms with Crippen LogP contribution in [0.5, 0.6) is 5.75 Å². The fourth-order valence-corrected chi connectivity index (χ4v) is 3.82. The van der Waals surface area contributed by atoms with Gasteiger partial charge in [-0.3, -0.25) is 9.59 Å². The van der Waals surface area contributed by atoms with E-state index in [1.807, 2.05) is 29.2 Å². The molecule has 0 bridgehead atoms. The summed E-state index contributed by atoms with van der Waals surface area (Å²) >= 11 is 1.39. The summed E-state index contributed by atoms with van der Waals surface area (Å²) in [6.07, 6.45) is 1.79. The molecule has 3 N–H and O–H groups in total. The van der Waals surface area contributed by atoms with E-state index in [-0.39, 0.29) is 30.3 Å². The lowest BCUT2D eigenvalue weighted by Gasteiger charge is -2.32. The van der Waals surface area contributed by atoms with Gasteiger partial charge in [-0.05, 0) is 18.9 Å². The van der Waals surface area contributed by atoms with E-state index in [2.05, 4.69) is 10.3 Å². The molecule has 1 fully saturated rings. The number of aromatic nitrogens is 1. The number of hydrogen-bond acceptors (Lipinski definition) is 6. The largest absolute Gasteiger partial charge is 0.496 e. The van der Waals surface area contributed by atoms with E-state index in [0.717, 1.165) is 29.2 Å². The topological polar surface area (TPSA) is 97.5 Å². The van der Waals surface area contributed by atoms with Gasteiger partial charge in [-0.1, -0.05) is 18.2 Å². The Morgan fingerprint density at radius 1 is 1.32 bits per heavy atom. The maximum atomic E-state index is 12.6. The Hall–Kier alpha value is -2.16. The molecule has 28 heavy (non-hydrogen) atoms. The van der Waals surface area contributed by atoms with Crippen molar-refractivity contribution in [1.82, 2.24) is 15.2 Å². The number of nitrogens with two attached hydrogens (primary N) is 1. The van der Waals surface area contributed by atoms with Crippen molar-refractivity contribution in [2.24, 2.45) is 5.73 Å². The summed E-state index contributed by atoms with van der Waals surface area (Å²) in [6.45, 7) is 1.60. The first-order chi connectivity index (χ1) is 13.1. The van der Waals surface area contributed by atoms with Crippen molar-refractivity contribution in [3.63, 3.8) is 0 Å². The first-order valence-electron chi connectivity index (χ1n) is 8.95. The molecule has 1 aliphatic heterocycles.